The van der Waals surface area contributed by atoms with Crippen LogP contribution in [0.5, 0.6) is 0 Å². The Morgan fingerprint density at radius 2 is 1.60 bits per heavy atom. The molecule has 6 nitrogen and oxygen atoms in total. The van der Waals surface area contributed by atoms with Gasteiger partial charge < -0.3 is 15.0 Å². The van der Waals surface area contributed by atoms with Crippen molar-refractivity contribution in [2.45, 2.75) is 51.0 Å². The first-order chi connectivity index (χ1) is 12.1. The van der Waals surface area contributed by atoms with E-state index in [-0.39, 0.29) is 41.6 Å². The number of methoxy groups -OCH3 is 1. The first-order valence-corrected chi connectivity index (χ1v) is 9.75. The van der Waals surface area contributed by atoms with Crippen molar-refractivity contribution in [3.63, 3.8) is 0 Å². The fourth-order valence-electron chi connectivity index (χ4n) is 5.21. The van der Waals surface area contributed by atoms with Crippen LogP contribution in [0.3, 0.4) is 0 Å². The van der Waals surface area contributed by atoms with E-state index in [0.717, 1.165) is 44.9 Å². The molecule has 4 unspecified atom stereocenters. The lowest BCUT2D eigenvalue weighted by Gasteiger charge is -2.34. The summed E-state index contributed by atoms with van der Waals surface area (Å²) in [5, 5.41) is 3.18. The highest BCUT2D eigenvalue weighted by atomic mass is 16.5. The molecule has 3 aliphatic carbocycles. The monoisotopic (exact) mass is 348 g/mol. The summed E-state index contributed by atoms with van der Waals surface area (Å²) in [4.78, 5) is 38.9. The number of ether oxygens (including phenoxy) is 1. The largest absolute Gasteiger partial charge is 0.469 e. The topological polar surface area (TPSA) is 75.7 Å². The number of rotatable bonds is 4. The number of carbonyl (C=O) groups excluding carboxylic acids is 3. The van der Waals surface area contributed by atoms with E-state index in [2.05, 4.69) is 5.32 Å². The van der Waals surface area contributed by atoms with Gasteiger partial charge in [0, 0.05) is 31.0 Å². The molecule has 4 rings (SSSR count). The predicted molar refractivity (Wildman–Crippen MR) is 90.3 cm³/mol. The average Bonchev–Trinajstić information content (AvgIpc) is 3.30. The zero-order valence-corrected chi connectivity index (χ0v) is 14.9. The molecule has 3 saturated carbocycles. The van der Waals surface area contributed by atoms with Crippen LogP contribution >= 0.6 is 0 Å². The molecule has 4 aliphatic rings. The zero-order chi connectivity index (χ0) is 17.6. The molecule has 0 aromatic rings. The number of esters is 1. The molecule has 0 radical (unpaired) electrons. The SMILES string of the molecule is COC(=O)C1C2CCC(C2)C1NC(=O)C1CCN(C(=O)C2CC2)CC1. The number of nitrogens with zero attached hydrogens (tertiary/aromatic N) is 1. The van der Waals surface area contributed by atoms with Gasteiger partial charge in [-0.15, -0.1) is 0 Å². The smallest absolute Gasteiger partial charge is 0.311 e. The molecule has 0 aromatic carbocycles. The Hall–Kier alpha value is -1.59. The average molecular weight is 348 g/mol. The van der Waals surface area contributed by atoms with Crippen molar-refractivity contribution in [3.8, 4) is 0 Å². The molecule has 1 aliphatic heterocycles. The van der Waals surface area contributed by atoms with E-state index >= 15 is 0 Å². The Morgan fingerprint density at radius 1 is 0.920 bits per heavy atom. The zero-order valence-electron chi connectivity index (χ0n) is 14.9. The summed E-state index contributed by atoms with van der Waals surface area (Å²) >= 11 is 0. The van der Waals surface area contributed by atoms with E-state index in [1.165, 1.54) is 7.11 Å². The van der Waals surface area contributed by atoms with E-state index in [1.807, 2.05) is 4.90 Å². The van der Waals surface area contributed by atoms with E-state index in [0.29, 0.717) is 24.9 Å². The van der Waals surface area contributed by atoms with Crippen molar-refractivity contribution in [2.24, 2.45) is 29.6 Å². The highest BCUT2D eigenvalue weighted by Gasteiger charge is 2.52. The summed E-state index contributed by atoms with van der Waals surface area (Å²) in [6.45, 7) is 1.37. The van der Waals surface area contributed by atoms with Crippen LogP contribution in [0.1, 0.15) is 44.9 Å². The Kier molecular flexibility index (Phi) is 4.46. The minimum Gasteiger partial charge on any atom is -0.469 e. The number of piperidine rings is 1. The molecule has 25 heavy (non-hydrogen) atoms. The normalized spacial score (nSPS) is 34.8. The van der Waals surface area contributed by atoms with Gasteiger partial charge in [0.2, 0.25) is 11.8 Å². The first-order valence-electron chi connectivity index (χ1n) is 9.75. The van der Waals surface area contributed by atoms with Crippen LogP contribution in [0.15, 0.2) is 0 Å². The van der Waals surface area contributed by atoms with E-state index in [4.69, 9.17) is 4.74 Å². The number of nitrogens with one attached hydrogen (secondary N) is 1. The summed E-state index contributed by atoms with van der Waals surface area (Å²) in [5.41, 5.74) is 0. The van der Waals surface area contributed by atoms with Gasteiger partial charge in [-0.25, -0.2) is 0 Å². The summed E-state index contributed by atoms with van der Waals surface area (Å²) in [6, 6.07) is -0.0650. The molecule has 6 heteroatoms. The molecule has 4 fully saturated rings. The van der Waals surface area contributed by atoms with Crippen molar-refractivity contribution in [3.05, 3.63) is 0 Å². The number of hydrogen-bond acceptors (Lipinski definition) is 4. The van der Waals surface area contributed by atoms with Crippen LogP contribution in [0.25, 0.3) is 0 Å². The third-order valence-electron chi connectivity index (χ3n) is 6.80. The Labute approximate surface area is 148 Å². The highest BCUT2D eigenvalue weighted by Crippen LogP contribution is 2.49. The lowest BCUT2D eigenvalue weighted by atomic mass is 9.83. The standard InChI is InChI=1S/C19H28N2O4/c1-25-19(24)15-13-4-5-14(10-13)16(15)20-17(22)11-6-8-21(9-7-11)18(23)12-2-3-12/h11-16H,2-10H2,1H3,(H,20,22). The Bertz CT molecular complexity index is 566. The van der Waals surface area contributed by atoms with Crippen LogP contribution in [-0.2, 0) is 19.1 Å². The number of fused-ring (bicyclic) bond motifs is 2. The number of carbonyl (C=O) groups is 3. The maximum absolute atomic E-state index is 12.7. The van der Waals surface area contributed by atoms with Gasteiger partial charge in [-0.3, -0.25) is 14.4 Å². The molecule has 4 atom stereocenters. The van der Waals surface area contributed by atoms with E-state index < -0.39 is 0 Å². The summed E-state index contributed by atoms with van der Waals surface area (Å²) in [7, 11) is 1.43. The van der Waals surface area contributed by atoms with E-state index in [1.54, 1.807) is 0 Å². The molecule has 2 bridgehead atoms. The quantitative estimate of drug-likeness (QED) is 0.778. The van der Waals surface area contributed by atoms with Crippen molar-refractivity contribution < 1.29 is 19.1 Å². The molecule has 138 valence electrons. The molecule has 1 saturated heterocycles. The molecule has 1 N–H and O–H groups in total. The van der Waals surface area contributed by atoms with Gasteiger partial charge in [0.1, 0.15) is 0 Å². The van der Waals surface area contributed by atoms with Gasteiger partial charge in [-0.05, 0) is 56.8 Å². The van der Waals surface area contributed by atoms with Crippen LogP contribution < -0.4 is 5.32 Å². The number of likely N-dealkylation sites (tertiary alicyclic amines) is 1. The van der Waals surface area contributed by atoms with Crippen LogP contribution in [-0.4, -0.2) is 48.9 Å². The Morgan fingerprint density at radius 3 is 2.24 bits per heavy atom. The van der Waals surface area contributed by atoms with Crippen molar-refractivity contribution in [2.75, 3.05) is 20.2 Å². The van der Waals surface area contributed by atoms with Crippen molar-refractivity contribution in [1.82, 2.24) is 10.2 Å². The van der Waals surface area contributed by atoms with Crippen LogP contribution in [0, 0.1) is 29.6 Å². The van der Waals surface area contributed by atoms with Crippen LogP contribution in [0.4, 0.5) is 0 Å². The molecule has 0 aromatic heterocycles. The summed E-state index contributed by atoms with van der Waals surface area (Å²) in [6.07, 6.45) is 6.70. The molecule has 1 heterocycles. The maximum atomic E-state index is 12.7. The first kappa shape index (κ1) is 16.9. The third kappa shape index (κ3) is 3.15. The van der Waals surface area contributed by atoms with Gasteiger partial charge >= 0.3 is 5.97 Å². The van der Waals surface area contributed by atoms with Gasteiger partial charge in [0.15, 0.2) is 0 Å². The second kappa shape index (κ2) is 6.61. The second-order valence-corrected chi connectivity index (χ2v) is 8.29. The summed E-state index contributed by atoms with van der Waals surface area (Å²) in [5.74, 6) is 0.963. The fraction of sp³-hybridized carbons (Fsp3) is 0.842. The lowest BCUT2D eigenvalue weighted by Crippen LogP contribution is -2.50. The molecular weight excluding hydrogens is 320 g/mol. The molecular formula is C19H28N2O4. The number of hydrogen-bond donors (Lipinski definition) is 1. The minimum absolute atomic E-state index is 0.0410. The number of amides is 2. The van der Waals surface area contributed by atoms with Crippen molar-refractivity contribution in [1.29, 1.82) is 0 Å². The molecule has 2 amide bonds. The van der Waals surface area contributed by atoms with Crippen molar-refractivity contribution >= 4 is 17.8 Å². The van der Waals surface area contributed by atoms with Gasteiger partial charge in [0.05, 0.1) is 13.0 Å². The van der Waals surface area contributed by atoms with Gasteiger partial charge in [0.25, 0.3) is 0 Å². The van der Waals surface area contributed by atoms with Crippen LogP contribution in [0.2, 0.25) is 0 Å². The Balaban J connectivity index is 1.32. The fourth-order valence-corrected chi connectivity index (χ4v) is 5.21. The summed E-state index contributed by atoms with van der Waals surface area (Å²) < 4.78 is 4.98. The van der Waals surface area contributed by atoms with Gasteiger partial charge in [-0.1, -0.05) is 0 Å². The predicted octanol–water partition coefficient (Wildman–Crippen LogP) is 1.34. The third-order valence-corrected chi connectivity index (χ3v) is 6.80. The van der Waals surface area contributed by atoms with Gasteiger partial charge in [-0.2, -0.15) is 0 Å². The minimum atomic E-state index is -0.178. The molecule has 0 spiro atoms. The highest BCUT2D eigenvalue weighted by molar-refractivity contribution is 5.83. The maximum Gasteiger partial charge on any atom is 0.311 e. The van der Waals surface area contributed by atoms with E-state index in [9.17, 15) is 14.4 Å². The second-order valence-electron chi connectivity index (χ2n) is 8.29. The lowest BCUT2D eigenvalue weighted by molar-refractivity contribution is -0.149.